The van der Waals surface area contributed by atoms with Gasteiger partial charge in [-0.05, 0) is 19.3 Å². The number of ketones is 1. The van der Waals surface area contributed by atoms with Crippen LogP contribution < -0.4 is 0 Å². The maximum absolute atomic E-state index is 12.1. The van der Waals surface area contributed by atoms with Crippen LogP contribution in [0.4, 0.5) is 0 Å². The lowest BCUT2D eigenvalue weighted by atomic mass is 9.88. The van der Waals surface area contributed by atoms with Crippen LogP contribution in [-0.4, -0.2) is 39.3 Å². The van der Waals surface area contributed by atoms with Gasteiger partial charge >= 0.3 is 5.97 Å². The number of aliphatic hydroxyl groups is 2. The van der Waals surface area contributed by atoms with Gasteiger partial charge in [0.1, 0.15) is 5.78 Å². The standard InChI is InChI=1S/C20H34O5/c1-2-3-6-9-15(21)12-13-17-16(18(22)14-19(17)23)10-7-4-5-8-11-20(24)25/h12-13,15-17,19,21,23H,2-11,14H2,1H3,(H,24,25)/b13-12+/t15-,16+,17-,19+/m0/s1. The van der Waals surface area contributed by atoms with Crippen molar-refractivity contribution in [2.75, 3.05) is 0 Å². The van der Waals surface area contributed by atoms with Crippen molar-refractivity contribution in [3.8, 4) is 0 Å². The third-order valence-corrected chi connectivity index (χ3v) is 5.05. The molecule has 1 rings (SSSR count). The second-order valence-corrected chi connectivity index (χ2v) is 7.22. The van der Waals surface area contributed by atoms with E-state index in [1.54, 1.807) is 6.08 Å². The number of aliphatic hydroxyl groups excluding tert-OH is 2. The fraction of sp³-hybridized carbons (Fsp3) is 0.800. The first-order chi connectivity index (χ1) is 12.0. The lowest BCUT2D eigenvalue weighted by Crippen LogP contribution is -2.19. The summed E-state index contributed by atoms with van der Waals surface area (Å²) in [5.41, 5.74) is 0. The Morgan fingerprint density at radius 1 is 1.20 bits per heavy atom. The van der Waals surface area contributed by atoms with Gasteiger partial charge < -0.3 is 15.3 Å². The summed E-state index contributed by atoms with van der Waals surface area (Å²) in [7, 11) is 0. The van der Waals surface area contributed by atoms with Crippen molar-refractivity contribution in [1.82, 2.24) is 0 Å². The summed E-state index contributed by atoms with van der Waals surface area (Å²) in [5.74, 6) is -1.04. The van der Waals surface area contributed by atoms with Gasteiger partial charge in [-0.3, -0.25) is 9.59 Å². The number of hydrogen-bond donors (Lipinski definition) is 3. The monoisotopic (exact) mass is 354 g/mol. The number of unbranched alkanes of at least 4 members (excludes halogenated alkanes) is 5. The third kappa shape index (κ3) is 8.63. The van der Waals surface area contributed by atoms with Crippen LogP contribution in [0.5, 0.6) is 0 Å². The maximum Gasteiger partial charge on any atom is 0.303 e. The van der Waals surface area contributed by atoms with Crippen molar-refractivity contribution >= 4 is 11.8 Å². The van der Waals surface area contributed by atoms with Gasteiger partial charge in [0, 0.05) is 24.7 Å². The smallest absolute Gasteiger partial charge is 0.303 e. The molecule has 0 unspecified atom stereocenters. The third-order valence-electron chi connectivity index (χ3n) is 5.05. The van der Waals surface area contributed by atoms with Crippen LogP contribution in [0, 0.1) is 11.8 Å². The molecule has 0 saturated heterocycles. The van der Waals surface area contributed by atoms with Gasteiger partial charge in [-0.1, -0.05) is 57.6 Å². The van der Waals surface area contributed by atoms with E-state index in [4.69, 9.17) is 5.11 Å². The quantitative estimate of drug-likeness (QED) is 0.348. The zero-order valence-corrected chi connectivity index (χ0v) is 15.4. The molecule has 0 radical (unpaired) electrons. The molecule has 5 nitrogen and oxygen atoms in total. The molecule has 0 aromatic heterocycles. The van der Waals surface area contributed by atoms with E-state index >= 15 is 0 Å². The molecule has 1 aliphatic rings. The van der Waals surface area contributed by atoms with E-state index in [0.29, 0.717) is 6.42 Å². The van der Waals surface area contributed by atoms with Gasteiger partial charge in [0.15, 0.2) is 0 Å². The molecule has 144 valence electrons. The fourth-order valence-corrected chi connectivity index (χ4v) is 3.54. The lowest BCUT2D eigenvalue weighted by Gasteiger charge is -2.18. The van der Waals surface area contributed by atoms with E-state index in [-0.39, 0.29) is 30.5 Å². The Labute approximate surface area is 151 Å². The molecule has 4 atom stereocenters. The summed E-state index contributed by atoms with van der Waals surface area (Å²) < 4.78 is 0. The Balaban J connectivity index is 2.39. The van der Waals surface area contributed by atoms with Crippen LogP contribution in [-0.2, 0) is 9.59 Å². The average Bonchev–Trinajstić information content (AvgIpc) is 2.82. The molecular weight excluding hydrogens is 320 g/mol. The molecule has 0 aromatic carbocycles. The first kappa shape index (κ1) is 21.8. The lowest BCUT2D eigenvalue weighted by molar-refractivity contribution is -0.137. The first-order valence-corrected chi connectivity index (χ1v) is 9.74. The van der Waals surface area contributed by atoms with E-state index in [1.165, 1.54) is 0 Å². The van der Waals surface area contributed by atoms with Crippen molar-refractivity contribution in [1.29, 1.82) is 0 Å². The molecule has 25 heavy (non-hydrogen) atoms. The van der Waals surface area contributed by atoms with Gasteiger partial charge in [-0.2, -0.15) is 0 Å². The number of rotatable bonds is 13. The second kappa shape index (κ2) is 12.2. The highest BCUT2D eigenvalue weighted by molar-refractivity contribution is 5.84. The molecule has 1 aliphatic carbocycles. The van der Waals surface area contributed by atoms with Gasteiger partial charge in [0.25, 0.3) is 0 Å². The zero-order chi connectivity index (χ0) is 18.7. The van der Waals surface area contributed by atoms with E-state index in [0.717, 1.165) is 51.4 Å². The molecule has 1 saturated carbocycles. The van der Waals surface area contributed by atoms with Crippen molar-refractivity contribution in [2.24, 2.45) is 11.8 Å². The van der Waals surface area contributed by atoms with Crippen molar-refractivity contribution < 1.29 is 24.9 Å². The molecule has 0 heterocycles. The van der Waals surface area contributed by atoms with Crippen molar-refractivity contribution in [3.63, 3.8) is 0 Å². The maximum atomic E-state index is 12.1. The van der Waals surface area contributed by atoms with Crippen LogP contribution in [0.3, 0.4) is 0 Å². The number of carbonyl (C=O) groups excluding carboxylic acids is 1. The SMILES string of the molecule is CCCCC[C@H](O)/C=C/[C@@H]1[C@H](O)CC(=O)[C@@H]1CCCCCCC(=O)O. The van der Waals surface area contributed by atoms with Crippen LogP contribution >= 0.6 is 0 Å². The summed E-state index contributed by atoms with van der Waals surface area (Å²) in [6.45, 7) is 2.12. The predicted octanol–water partition coefficient (Wildman–Crippen LogP) is 3.48. The number of carbonyl (C=O) groups is 2. The molecule has 0 aliphatic heterocycles. The van der Waals surface area contributed by atoms with E-state index in [2.05, 4.69) is 6.92 Å². The van der Waals surface area contributed by atoms with E-state index < -0.39 is 18.2 Å². The zero-order valence-electron chi connectivity index (χ0n) is 15.4. The topological polar surface area (TPSA) is 94.8 Å². The van der Waals surface area contributed by atoms with Crippen molar-refractivity contribution in [3.05, 3.63) is 12.2 Å². The first-order valence-electron chi connectivity index (χ1n) is 9.74. The van der Waals surface area contributed by atoms with Crippen molar-refractivity contribution in [2.45, 2.75) is 89.8 Å². The number of carboxylic acids is 1. The van der Waals surface area contributed by atoms with Gasteiger partial charge in [-0.25, -0.2) is 0 Å². The minimum Gasteiger partial charge on any atom is -0.481 e. The summed E-state index contributed by atoms with van der Waals surface area (Å²) >= 11 is 0. The van der Waals surface area contributed by atoms with E-state index in [1.807, 2.05) is 6.08 Å². The Hall–Kier alpha value is -1.20. The second-order valence-electron chi connectivity index (χ2n) is 7.22. The number of Topliss-reactive ketones (excluding diaryl/α,β-unsaturated/α-hetero) is 1. The van der Waals surface area contributed by atoms with Crippen LogP contribution in [0.15, 0.2) is 12.2 Å². The predicted molar refractivity (Wildman–Crippen MR) is 97.2 cm³/mol. The molecule has 3 N–H and O–H groups in total. The summed E-state index contributed by atoms with van der Waals surface area (Å²) in [4.78, 5) is 22.6. The average molecular weight is 354 g/mol. The van der Waals surface area contributed by atoms with Crippen LogP contribution in [0.2, 0.25) is 0 Å². The highest BCUT2D eigenvalue weighted by Gasteiger charge is 2.39. The Bertz CT molecular complexity index is 432. The molecular formula is C20H34O5. The van der Waals surface area contributed by atoms with E-state index in [9.17, 15) is 19.8 Å². The summed E-state index contributed by atoms with van der Waals surface area (Å²) in [6.07, 6.45) is 10.7. The highest BCUT2D eigenvalue weighted by atomic mass is 16.4. The number of carboxylic acid groups (broad SMARTS) is 1. The van der Waals surface area contributed by atoms with Crippen LogP contribution in [0.1, 0.15) is 77.6 Å². The molecule has 0 aromatic rings. The molecule has 0 spiro atoms. The minimum atomic E-state index is -0.767. The minimum absolute atomic E-state index is 0.105. The Morgan fingerprint density at radius 2 is 1.92 bits per heavy atom. The van der Waals surface area contributed by atoms with Gasteiger partial charge in [0.05, 0.1) is 12.2 Å². The number of hydrogen-bond acceptors (Lipinski definition) is 4. The highest BCUT2D eigenvalue weighted by Crippen LogP contribution is 2.34. The Kier molecular flexibility index (Phi) is 10.7. The summed E-state index contributed by atoms with van der Waals surface area (Å²) in [6, 6.07) is 0. The molecule has 5 heteroatoms. The summed E-state index contributed by atoms with van der Waals surface area (Å²) in [5, 5.41) is 28.7. The normalized spacial score (nSPS) is 24.9. The number of aliphatic carboxylic acids is 1. The molecule has 1 fully saturated rings. The van der Waals surface area contributed by atoms with Gasteiger partial charge in [0.2, 0.25) is 0 Å². The molecule has 0 amide bonds. The fourth-order valence-electron chi connectivity index (χ4n) is 3.54. The largest absolute Gasteiger partial charge is 0.481 e. The molecule has 0 bridgehead atoms. The Morgan fingerprint density at radius 3 is 2.60 bits per heavy atom. The van der Waals surface area contributed by atoms with Gasteiger partial charge in [-0.15, -0.1) is 0 Å². The van der Waals surface area contributed by atoms with Crippen LogP contribution in [0.25, 0.3) is 0 Å².